The molecule has 1 atom stereocenters. The van der Waals surface area contributed by atoms with Crippen molar-refractivity contribution in [2.24, 2.45) is 0 Å². The lowest BCUT2D eigenvalue weighted by Gasteiger charge is -2.19. The molecule has 2 heterocycles. The Morgan fingerprint density at radius 1 is 1.30 bits per heavy atom. The van der Waals surface area contributed by atoms with Crippen LogP contribution in [0.25, 0.3) is 11.4 Å². The fraction of sp³-hybridized carbons (Fsp3) is 0.476. The first-order valence-corrected chi connectivity index (χ1v) is 9.73. The number of unbranched alkanes of at least 4 members (excludes halogenated alkanes) is 1. The molecule has 1 fully saturated rings. The maximum atomic E-state index is 12.7. The van der Waals surface area contributed by atoms with Gasteiger partial charge in [0.2, 0.25) is 0 Å². The van der Waals surface area contributed by atoms with E-state index in [2.05, 4.69) is 27.1 Å². The molecule has 27 heavy (non-hydrogen) atoms. The summed E-state index contributed by atoms with van der Waals surface area (Å²) in [4.78, 5) is 24.0. The molecule has 0 saturated carbocycles. The zero-order chi connectivity index (χ0) is 19.1. The SMILES string of the molecule is CCCCN(C)c1cc(C(=O)NCC2CCCO2)nc(-c2ccccc2)n1. The van der Waals surface area contributed by atoms with Gasteiger partial charge < -0.3 is 15.0 Å². The number of benzene rings is 1. The van der Waals surface area contributed by atoms with Crippen LogP contribution in [0.15, 0.2) is 36.4 Å². The highest BCUT2D eigenvalue weighted by atomic mass is 16.5. The van der Waals surface area contributed by atoms with Crippen LogP contribution in [0.3, 0.4) is 0 Å². The zero-order valence-corrected chi connectivity index (χ0v) is 16.1. The average molecular weight is 368 g/mol. The summed E-state index contributed by atoms with van der Waals surface area (Å²) in [5, 5.41) is 2.96. The minimum absolute atomic E-state index is 0.107. The van der Waals surface area contributed by atoms with Gasteiger partial charge in [-0.3, -0.25) is 4.79 Å². The lowest BCUT2D eigenvalue weighted by molar-refractivity contribution is 0.0853. The van der Waals surface area contributed by atoms with E-state index < -0.39 is 0 Å². The number of nitrogens with one attached hydrogen (secondary N) is 1. The topological polar surface area (TPSA) is 67.4 Å². The molecule has 144 valence electrons. The molecule has 6 nitrogen and oxygen atoms in total. The molecule has 0 radical (unpaired) electrons. The van der Waals surface area contributed by atoms with E-state index in [4.69, 9.17) is 4.74 Å². The number of hydrogen-bond donors (Lipinski definition) is 1. The predicted octanol–water partition coefficient (Wildman–Crippen LogP) is 3.29. The van der Waals surface area contributed by atoms with Crippen LogP contribution < -0.4 is 10.2 Å². The van der Waals surface area contributed by atoms with Gasteiger partial charge in [0.05, 0.1) is 6.10 Å². The molecule has 0 bridgehead atoms. The van der Waals surface area contributed by atoms with Crippen molar-refractivity contribution in [3.8, 4) is 11.4 Å². The van der Waals surface area contributed by atoms with Crippen molar-refractivity contribution in [1.82, 2.24) is 15.3 Å². The second-order valence-corrected chi connectivity index (χ2v) is 6.92. The van der Waals surface area contributed by atoms with Crippen LogP contribution in [0.5, 0.6) is 0 Å². The third kappa shape index (κ3) is 5.26. The van der Waals surface area contributed by atoms with Crippen molar-refractivity contribution in [2.45, 2.75) is 38.7 Å². The number of rotatable bonds is 8. The lowest BCUT2D eigenvalue weighted by atomic mass is 10.2. The fourth-order valence-corrected chi connectivity index (χ4v) is 3.07. The number of amides is 1. The van der Waals surface area contributed by atoms with Crippen LogP contribution in [0, 0.1) is 0 Å². The summed E-state index contributed by atoms with van der Waals surface area (Å²) in [6.07, 6.45) is 4.33. The Labute approximate surface area is 161 Å². The van der Waals surface area contributed by atoms with Crippen LogP contribution in [0.1, 0.15) is 43.1 Å². The third-order valence-electron chi connectivity index (χ3n) is 4.73. The number of carbonyl (C=O) groups excluding carboxylic acids is 1. The zero-order valence-electron chi connectivity index (χ0n) is 16.1. The summed E-state index contributed by atoms with van der Waals surface area (Å²) < 4.78 is 5.58. The molecule has 0 spiro atoms. The van der Waals surface area contributed by atoms with E-state index in [-0.39, 0.29) is 12.0 Å². The van der Waals surface area contributed by atoms with E-state index in [1.807, 2.05) is 37.4 Å². The average Bonchev–Trinajstić information content (AvgIpc) is 3.24. The predicted molar refractivity (Wildman–Crippen MR) is 107 cm³/mol. The quantitative estimate of drug-likeness (QED) is 0.774. The van der Waals surface area contributed by atoms with Crippen molar-refractivity contribution in [3.05, 3.63) is 42.1 Å². The van der Waals surface area contributed by atoms with Gasteiger partial charge >= 0.3 is 0 Å². The second kappa shape index (κ2) is 9.46. The summed E-state index contributed by atoms with van der Waals surface area (Å²) in [5.74, 6) is 1.15. The highest BCUT2D eigenvalue weighted by Gasteiger charge is 2.19. The van der Waals surface area contributed by atoms with Crippen molar-refractivity contribution in [1.29, 1.82) is 0 Å². The van der Waals surface area contributed by atoms with E-state index in [0.717, 1.165) is 50.2 Å². The van der Waals surface area contributed by atoms with Gasteiger partial charge in [0, 0.05) is 38.4 Å². The smallest absolute Gasteiger partial charge is 0.270 e. The van der Waals surface area contributed by atoms with Gasteiger partial charge in [0.15, 0.2) is 5.82 Å². The minimum atomic E-state index is -0.185. The van der Waals surface area contributed by atoms with Crippen LogP contribution in [0.4, 0.5) is 5.82 Å². The number of aromatic nitrogens is 2. The van der Waals surface area contributed by atoms with Crippen molar-refractivity contribution in [3.63, 3.8) is 0 Å². The molecule has 1 unspecified atom stereocenters. The Balaban J connectivity index is 1.83. The molecule has 1 aromatic carbocycles. The highest BCUT2D eigenvalue weighted by molar-refractivity contribution is 5.93. The molecular formula is C21H28N4O2. The summed E-state index contributed by atoms with van der Waals surface area (Å²) >= 11 is 0. The Morgan fingerprint density at radius 2 is 2.11 bits per heavy atom. The van der Waals surface area contributed by atoms with Gasteiger partial charge in [-0.1, -0.05) is 43.7 Å². The molecule has 2 aromatic rings. The molecule has 0 aliphatic carbocycles. The molecule has 1 amide bonds. The molecule has 3 rings (SSSR count). The Bertz CT molecular complexity index is 745. The van der Waals surface area contributed by atoms with E-state index in [0.29, 0.717) is 18.1 Å². The van der Waals surface area contributed by atoms with Crippen molar-refractivity contribution in [2.75, 3.05) is 31.6 Å². The van der Waals surface area contributed by atoms with Gasteiger partial charge in [-0.15, -0.1) is 0 Å². The van der Waals surface area contributed by atoms with Gasteiger partial charge in [-0.2, -0.15) is 0 Å². The first kappa shape index (κ1) is 19.3. The summed E-state index contributed by atoms with van der Waals surface area (Å²) in [6.45, 7) is 4.34. The summed E-state index contributed by atoms with van der Waals surface area (Å²) in [7, 11) is 2.00. The number of anilines is 1. The highest BCUT2D eigenvalue weighted by Crippen LogP contribution is 2.20. The lowest BCUT2D eigenvalue weighted by Crippen LogP contribution is -2.32. The van der Waals surface area contributed by atoms with Gasteiger partial charge in [-0.25, -0.2) is 9.97 Å². The van der Waals surface area contributed by atoms with Crippen LogP contribution in [-0.2, 0) is 4.74 Å². The van der Waals surface area contributed by atoms with E-state index in [1.54, 1.807) is 6.07 Å². The van der Waals surface area contributed by atoms with E-state index >= 15 is 0 Å². The normalized spacial score (nSPS) is 16.3. The van der Waals surface area contributed by atoms with Crippen LogP contribution in [-0.4, -0.2) is 48.7 Å². The Morgan fingerprint density at radius 3 is 2.81 bits per heavy atom. The monoisotopic (exact) mass is 368 g/mol. The molecule has 1 aliphatic rings. The first-order valence-electron chi connectivity index (χ1n) is 9.73. The van der Waals surface area contributed by atoms with Gasteiger partial charge in [0.1, 0.15) is 11.5 Å². The molecule has 6 heteroatoms. The minimum Gasteiger partial charge on any atom is -0.376 e. The molecule has 1 saturated heterocycles. The number of carbonyl (C=O) groups is 1. The van der Waals surface area contributed by atoms with Crippen LogP contribution in [0.2, 0.25) is 0 Å². The summed E-state index contributed by atoms with van der Waals surface area (Å²) in [6, 6.07) is 11.5. The molecular weight excluding hydrogens is 340 g/mol. The maximum absolute atomic E-state index is 12.7. The van der Waals surface area contributed by atoms with Gasteiger partial charge in [0.25, 0.3) is 5.91 Å². The summed E-state index contributed by atoms with van der Waals surface area (Å²) in [5.41, 5.74) is 1.29. The fourth-order valence-electron chi connectivity index (χ4n) is 3.07. The molecule has 1 aliphatic heterocycles. The van der Waals surface area contributed by atoms with E-state index in [9.17, 15) is 4.79 Å². The second-order valence-electron chi connectivity index (χ2n) is 6.92. The van der Waals surface area contributed by atoms with Crippen molar-refractivity contribution < 1.29 is 9.53 Å². The number of hydrogen-bond acceptors (Lipinski definition) is 5. The van der Waals surface area contributed by atoms with Crippen LogP contribution >= 0.6 is 0 Å². The van der Waals surface area contributed by atoms with E-state index in [1.165, 1.54) is 0 Å². The standard InChI is InChI=1S/C21H28N4O2/c1-3-4-12-25(2)19-14-18(21(26)22-15-17-11-8-13-27-17)23-20(24-19)16-9-6-5-7-10-16/h5-7,9-10,14,17H,3-4,8,11-13,15H2,1-2H3,(H,22,26). The molecule has 1 N–H and O–H groups in total. The Kier molecular flexibility index (Phi) is 6.76. The first-order chi connectivity index (χ1) is 13.2. The van der Waals surface area contributed by atoms with Gasteiger partial charge in [-0.05, 0) is 19.3 Å². The Hall–Kier alpha value is -2.47. The molecule has 1 aromatic heterocycles. The van der Waals surface area contributed by atoms with Crippen molar-refractivity contribution >= 4 is 11.7 Å². The maximum Gasteiger partial charge on any atom is 0.270 e. The largest absolute Gasteiger partial charge is 0.376 e. The number of ether oxygens (including phenoxy) is 1. The number of nitrogens with zero attached hydrogens (tertiary/aromatic N) is 3. The third-order valence-corrected chi connectivity index (χ3v) is 4.73.